The Labute approximate surface area is 81.0 Å². The summed E-state index contributed by atoms with van der Waals surface area (Å²) in [5, 5.41) is 3.56. The van der Waals surface area contributed by atoms with E-state index in [0.717, 1.165) is 24.6 Å². The highest BCUT2D eigenvalue weighted by Gasteiger charge is 2.44. The van der Waals surface area contributed by atoms with Crippen molar-refractivity contribution in [2.75, 3.05) is 20.3 Å². The number of nitrogens with one attached hydrogen (secondary N) is 1. The molecule has 13 heavy (non-hydrogen) atoms. The fourth-order valence-electron chi connectivity index (χ4n) is 2.48. The van der Waals surface area contributed by atoms with Gasteiger partial charge >= 0.3 is 0 Å². The van der Waals surface area contributed by atoms with Gasteiger partial charge in [0.15, 0.2) is 0 Å². The summed E-state index contributed by atoms with van der Waals surface area (Å²) in [6.07, 6.45) is 8.75. The molecule has 0 aromatic carbocycles. The molecule has 0 saturated heterocycles. The fourth-order valence-corrected chi connectivity index (χ4v) is 2.48. The van der Waals surface area contributed by atoms with Gasteiger partial charge in [0, 0.05) is 19.7 Å². The Balaban J connectivity index is 1.61. The molecule has 0 heterocycles. The van der Waals surface area contributed by atoms with E-state index in [-0.39, 0.29) is 0 Å². The first-order valence-electron chi connectivity index (χ1n) is 5.57. The minimum atomic E-state index is 0.779. The Morgan fingerprint density at radius 1 is 1.23 bits per heavy atom. The summed E-state index contributed by atoms with van der Waals surface area (Å²) in [4.78, 5) is 0. The number of rotatable bonds is 4. The zero-order valence-corrected chi connectivity index (χ0v) is 8.64. The molecule has 0 aliphatic heterocycles. The van der Waals surface area contributed by atoms with Crippen LogP contribution in [-0.2, 0) is 4.74 Å². The average molecular weight is 183 g/mol. The van der Waals surface area contributed by atoms with Crippen LogP contribution in [0.25, 0.3) is 0 Å². The van der Waals surface area contributed by atoms with Crippen LogP contribution in [0.3, 0.4) is 0 Å². The first-order valence-corrected chi connectivity index (χ1v) is 5.57. The Morgan fingerprint density at radius 3 is 2.46 bits per heavy atom. The summed E-state index contributed by atoms with van der Waals surface area (Å²) in [6.45, 7) is 1.87. The van der Waals surface area contributed by atoms with Gasteiger partial charge in [0.25, 0.3) is 0 Å². The van der Waals surface area contributed by atoms with E-state index < -0.39 is 0 Å². The maximum Gasteiger partial charge on any atom is 0.0587 e. The Hall–Kier alpha value is -0.0800. The van der Waals surface area contributed by atoms with Crippen LogP contribution >= 0.6 is 0 Å². The molecule has 2 aliphatic rings. The first kappa shape index (κ1) is 9.47. The third-order valence-electron chi connectivity index (χ3n) is 3.74. The molecule has 0 aromatic rings. The monoisotopic (exact) mass is 183 g/mol. The summed E-state index contributed by atoms with van der Waals surface area (Å²) in [6, 6.07) is 0.779. The van der Waals surface area contributed by atoms with Crippen molar-refractivity contribution in [1.82, 2.24) is 5.32 Å². The average Bonchev–Trinajstić information content (AvgIpc) is 2.90. The van der Waals surface area contributed by atoms with Crippen LogP contribution in [0.15, 0.2) is 0 Å². The van der Waals surface area contributed by atoms with Crippen LogP contribution in [0.1, 0.15) is 38.5 Å². The van der Waals surface area contributed by atoms with Gasteiger partial charge in [-0.3, -0.25) is 0 Å². The van der Waals surface area contributed by atoms with Crippen LogP contribution in [0.5, 0.6) is 0 Å². The zero-order valence-electron chi connectivity index (χ0n) is 8.64. The Kier molecular flexibility index (Phi) is 2.89. The van der Waals surface area contributed by atoms with Gasteiger partial charge in [-0.05, 0) is 43.9 Å². The predicted octanol–water partition coefficient (Wildman–Crippen LogP) is 1.95. The lowest BCUT2D eigenvalue weighted by molar-refractivity contribution is 0.187. The van der Waals surface area contributed by atoms with E-state index in [4.69, 9.17) is 4.74 Å². The fraction of sp³-hybridized carbons (Fsp3) is 1.00. The number of methoxy groups -OCH3 is 1. The third-order valence-corrected chi connectivity index (χ3v) is 3.74. The predicted molar refractivity (Wildman–Crippen MR) is 53.8 cm³/mol. The lowest BCUT2D eigenvalue weighted by Crippen LogP contribution is -2.35. The second-order valence-corrected chi connectivity index (χ2v) is 4.72. The summed E-state index contributed by atoms with van der Waals surface area (Å²) < 4.78 is 5.02. The summed E-state index contributed by atoms with van der Waals surface area (Å²) >= 11 is 0. The molecule has 0 bridgehead atoms. The van der Waals surface area contributed by atoms with Gasteiger partial charge in [-0.15, -0.1) is 0 Å². The van der Waals surface area contributed by atoms with Crippen molar-refractivity contribution in [3.05, 3.63) is 0 Å². The van der Waals surface area contributed by atoms with Gasteiger partial charge in [-0.2, -0.15) is 0 Å². The summed E-state index contributed by atoms with van der Waals surface area (Å²) in [7, 11) is 1.77. The third kappa shape index (κ3) is 2.44. The van der Waals surface area contributed by atoms with E-state index in [1.807, 2.05) is 0 Å². The van der Waals surface area contributed by atoms with E-state index in [1.165, 1.54) is 38.5 Å². The van der Waals surface area contributed by atoms with Crippen molar-refractivity contribution in [1.29, 1.82) is 0 Å². The minimum Gasteiger partial charge on any atom is -0.383 e. The SMILES string of the molecule is COCCNC1CCC2(CC1)CC2. The summed E-state index contributed by atoms with van der Waals surface area (Å²) in [5.74, 6) is 0. The zero-order chi connectivity index (χ0) is 9.15. The maximum absolute atomic E-state index is 5.02. The number of hydrogen-bond donors (Lipinski definition) is 1. The quantitative estimate of drug-likeness (QED) is 0.673. The lowest BCUT2D eigenvalue weighted by atomic mass is 9.83. The van der Waals surface area contributed by atoms with Crippen molar-refractivity contribution < 1.29 is 4.74 Å². The van der Waals surface area contributed by atoms with Crippen molar-refractivity contribution in [3.8, 4) is 0 Å². The molecule has 0 aromatic heterocycles. The largest absolute Gasteiger partial charge is 0.383 e. The van der Waals surface area contributed by atoms with E-state index in [2.05, 4.69) is 5.32 Å². The van der Waals surface area contributed by atoms with Gasteiger partial charge in [-0.1, -0.05) is 0 Å². The van der Waals surface area contributed by atoms with Crippen molar-refractivity contribution in [2.24, 2.45) is 5.41 Å². The molecule has 2 aliphatic carbocycles. The molecule has 0 unspecified atom stereocenters. The van der Waals surface area contributed by atoms with E-state index in [1.54, 1.807) is 7.11 Å². The molecular weight excluding hydrogens is 162 g/mol. The number of ether oxygens (including phenoxy) is 1. The topological polar surface area (TPSA) is 21.3 Å². The molecular formula is C11H21NO. The van der Waals surface area contributed by atoms with Gasteiger partial charge < -0.3 is 10.1 Å². The second-order valence-electron chi connectivity index (χ2n) is 4.72. The summed E-state index contributed by atoms with van der Waals surface area (Å²) in [5.41, 5.74) is 0.833. The molecule has 2 fully saturated rings. The lowest BCUT2D eigenvalue weighted by Gasteiger charge is -2.29. The van der Waals surface area contributed by atoms with Crippen molar-refractivity contribution in [2.45, 2.75) is 44.6 Å². The molecule has 2 saturated carbocycles. The first-order chi connectivity index (χ1) is 6.35. The Bertz CT molecular complexity index is 155. The van der Waals surface area contributed by atoms with Crippen LogP contribution < -0.4 is 5.32 Å². The number of hydrogen-bond acceptors (Lipinski definition) is 2. The van der Waals surface area contributed by atoms with Gasteiger partial charge in [0.2, 0.25) is 0 Å². The van der Waals surface area contributed by atoms with Crippen LogP contribution in [0, 0.1) is 5.41 Å². The van der Waals surface area contributed by atoms with Crippen LogP contribution in [0.2, 0.25) is 0 Å². The Morgan fingerprint density at radius 2 is 1.92 bits per heavy atom. The van der Waals surface area contributed by atoms with Crippen LogP contribution in [0.4, 0.5) is 0 Å². The van der Waals surface area contributed by atoms with Crippen molar-refractivity contribution >= 4 is 0 Å². The molecule has 0 amide bonds. The smallest absolute Gasteiger partial charge is 0.0587 e. The highest BCUT2D eigenvalue weighted by molar-refractivity contribution is 4.97. The van der Waals surface area contributed by atoms with Gasteiger partial charge in [0.05, 0.1) is 6.61 Å². The van der Waals surface area contributed by atoms with E-state index in [0.29, 0.717) is 0 Å². The highest BCUT2D eigenvalue weighted by atomic mass is 16.5. The van der Waals surface area contributed by atoms with Crippen molar-refractivity contribution in [3.63, 3.8) is 0 Å². The molecule has 1 N–H and O–H groups in total. The molecule has 76 valence electrons. The highest BCUT2D eigenvalue weighted by Crippen LogP contribution is 2.55. The minimum absolute atomic E-state index is 0.779. The van der Waals surface area contributed by atoms with E-state index in [9.17, 15) is 0 Å². The van der Waals surface area contributed by atoms with E-state index >= 15 is 0 Å². The molecule has 2 nitrogen and oxygen atoms in total. The second kappa shape index (κ2) is 3.97. The molecule has 0 atom stereocenters. The normalized spacial score (nSPS) is 26.5. The molecule has 1 spiro atoms. The van der Waals surface area contributed by atoms with Gasteiger partial charge in [0.1, 0.15) is 0 Å². The maximum atomic E-state index is 5.02. The molecule has 0 radical (unpaired) electrons. The molecule has 2 rings (SSSR count). The molecule has 2 heteroatoms. The van der Waals surface area contributed by atoms with Crippen LogP contribution in [-0.4, -0.2) is 26.3 Å². The van der Waals surface area contributed by atoms with Gasteiger partial charge in [-0.25, -0.2) is 0 Å². The standard InChI is InChI=1S/C11H21NO/c1-13-9-8-12-10-2-4-11(5-3-10)6-7-11/h10,12H,2-9H2,1H3.